The average Bonchev–Trinajstić information content (AvgIpc) is 2.33. The van der Waals surface area contributed by atoms with Gasteiger partial charge in [-0.1, -0.05) is 6.07 Å². The highest BCUT2D eigenvalue weighted by Crippen LogP contribution is 2.26. The van der Waals surface area contributed by atoms with Gasteiger partial charge < -0.3 is 0 Å². The van der Waals surface area contributed by atoms with Gasteiger partial charge in [-0.05, 0) is 12.1 Å². The van der Waals surface area contributed by atoms with Crippen LogP contribution in [0.1, 0.15) is 31.5 Å². The maximum atomic E-state index is 11.8. The van der Waals surface area contributed by atoms with Crippen molar-refractivity contribution in [3.63, 3.8) is 0 Å². The molecule has 0 bridgehead atoms. The Balaban J connectivity index is 2.30. The van der Waals surface area contributed by atoms with Crippen LogP contribution in [0.15, 0.2) is 24.4 Å². The molecule has 0 saturated carbocycles. The van der Waals surface area contributed by atoms with E-state index in [-0.39, 0.29) is 24.5 Å². The third-order valence-electron chi connectivity index (χ3n) is 2.66. The molecular weight excluding hydrogens is 234 g/mol. The first-order valence-corrected chi connectivity index (χ1v) is 5.60. The van der Waals surface area contributed by atoms with Crippen molar-refractivity contribution in [1.29, 1.82) is 0 Å². The molecule has 1 atom stereocenters. The van der Waals surface area contributed by atoms with Crippen molar-refractivity contribution in [2.45, 2.75) is 25.8 Å². The molecule has 94 valence electrons. The fraction of sp³-hybridized carbons (Fsp3) is 0.333. The molecule has 0 spiro atoms. The van der Waals surface area contributed by atoms with Crippen molar-refractivity contribution in [3.05, 3.63) is 30.1 Å². The Morgan fingerprint density at radius 1 is 1.44 bits per heavy atom. The summed E-state index contributed by atoms with van der Waals surface area (Å²) in [6.45, 7) is 1.32. The number of Topliss-reactive ketones (excluding diaryl/α,β-unsaturated/α-hetero) is 1. The molecule has 1 aromatic rings. The van der Waals surface area contributed by atoms with Gasteiger partial charge in [-0.2, -0.15) is 0 Å². The lowest BCUT2D eigenvalue weighted by Gasteiger charge is -2.33. The number of amides is 2. The molecule has 2 heterocycles. The normalized spacial score (nSPS) is 19.8. The molecule has 1 aromatic heterocycles. The van der Waals surface area contributed by atoms with Crippen LogP contribution in [0, 0.1) is 0 Å². The van der Waals surface area contributed by atoms with Gasteiger partial charge in [0.2, 0.25) is 11.8 Å². The van der Waals surface area contributed by atoms with E-state index in [1.54, 1.807) is 24.4 Å². The van der Waals surface area contributed by atoms with Gasteiger partial charge in [-0.15, -0.1) is 0 Å². The molecule has 1 fully saturated rings. The van der Waals surface area contributed by atoms with E-state index in [4.69, 9.17) is 0 Å². The molecule has 6 nitrogen and oxygen atoms in total. The number of ketones is 1. The van der Waals surface area contributed by atoms with Crippen LogP contribution in [0.3, 0.4) is 0 Å². The quantitative estimate of drug-likeness (QED) is 0.765. The van der Waals surface area contributed by atoms with E-state index in [0.29, 0.717) is 5.69 Å². The van der Waals surface area contributed by atoms with Crippen LogP contribution in [-0.2, 0) is 14.4 Å². The Morgan fingerprint density at radius 3 is 2.83 bits per heavy atom. The Hall–Kier alpha value is -2.24. The second-order valence-corrected chi connectivity index (χ2v) is 4.12. The highest BCUT2D eigenvalue weighted by Gasteiger charge is 2.35. The van der Waals surface area contributed by atoms with Crippen LogP contribution in [0.4, 0.5) is 0 Å². The lowest BCUT2D eigenvalue weighted by molar-refractivity contribution is -0.151. The number of rotatable bonds is 2. The number of piperidine rings is 1. The highest BCUT2D eigenvalue weighted by molar-refractivity contribution is 6.01. The summed E-state index contributed by atoms with van der Waals surface area (Å²) >= 11 is 0. The maximum Gasteiger partial charge on any atom is 0.249 e. The number of hydrogen-bond acceptors (Lipinski definition) is 4. The van der Waals surface area contributed by atoms with Crippen molar-refractivity contribution in [1.82, 2.24) is 15.4 Å². The SMILES string of the molecule is CC(=O)NN1C(=O)CC(=O)CC1c1ccccn1. The number of aromatic nitrogens is 1. The molecule has 1 unspecified atom stereocenters. The minimum atomic E-state index is -0.524. The average molecular weight is 247 g/mol. The van der Waals surface area contributed by atoms with Crippen molar-refractivity contribution < 1.29 is 14.4 Å². The summed E-state index contributed by atoms with van der Waals surface area (Å²) in [6, 6.07) is 4.73. The Kier molecular flexibility index (Phi) is 3.36. The number of pyridine rings is 1. The van der Waals surface area contributed by atoms with Gasteiger partial charge in [0, 0.05) is 19.5 Å². The van der Waals surface area contributed by atoms with E-state index in [9.17, 15) is 14.4 Å². The van der Waals surface area contributed by atoms with Gasteiger partial charge >= 0.3 is 0 Å². The number of carbonyl (C=O) groups is 3. The Bertz CT molecular complexity index is 487. The summed E-state index contributed by atoms with van der Waals surface area (Å²) in [4.78, 5) is 38.5. The lowest BCUT2D eigenvalue weighted by atomic mass is 9.99. The number of hydrazine groups is 1. The van der Waals surface area contributed by atoms with Gasteiger partial charge in [0.05, 0.1) is 12.1 Å². The fourth-order valence-electron chi connectivity index (χ4n) is 1.93. The summed E-state index contributed by atoms with van der Waals surface area (Å²) in [7, 11) is 0. The molecule has 1 N–H and O–H groups in total. The van der Waals surface area contributed by atoms with Crippen molar-refractivity contribution in [2.75, 3.05) is 0 Å². The molecule has 18 heavy (non-hydrogen) atoms. The molecular formula is C12H13N3O3. The third-order valence-corrected chi connectivity index (χ3v) is 2.66. The zero-order valence-electron chi connectivity index (χ0n) is 9.92. The molecule has 6 heteroatoms. The van der Waals surface area contributed by atoms with E-state index in [2.05, 4.69) is 10.4 Å². The Labute approximate surface area is 104 Å². The smallest absolute Gasteiger partial charge is 0.249 e. The summed E-state index contributed by atoms with van der Waals surface area (Å²) in [5, 5.41) is 1.20. The van der Waals surface area contributed by atoms with E-state index in [1.165, 1.54) is 11.9 Å². The monoisotopic (exact) mass is 247 g/mol. The molecule has 2 rings (SSSR count). The zero-order chi connectivity index (χ0) is 13.1. The van der Waals surface area contributed by atoms with Gasteiger partial charge in [-0.25, -0.2) is 5.01 Å². The maximum absolute atomic E-state index is 11.8. The van der Waals surface area contributed by atoms with Gasteiger partial charge in [-0.3, -0.25) is 24.8 Å². The largest absolute Gasteiger partial charge is 0.299 e. The molecule has 0 aliphatic carbocycles. The first-order valence-electron chi connectivity index (χ1n) is 5.60. The van der Waals surface area contributed by atoms with Crippen LogP contribution < -0.4 is 5.43 Å². The minimum absolute atomic E-state index is 0.141. The summed E-state index contributed by atoms with van der Waals surface area (Å²) in [5.74, 6) is -0.895. The second kappa shape index (κ2) is 4.95. The van der Waals surface area contributed by atoms with Gasteiger partial charge in [0.25, 0.3) is 0 Å². The van der Waals surface area contributed by atoms with Crippen LogP contribution in [0.25, 0.3) is 0 Å². The van der Waals surface area contributed by atoms with Crippen LogP contribution in [0.5, 0.6) is 0 Å². The number of hydrogen-bond donors (Lipinski definition) is 1. The van der Waals surface area contributed by atoms with E-state index < -0.39 is 11.9 Å². The number of nitrogens with one attached hydrogen (secondary N) is 1. The van der Waals surface area contributed by atoms with Gasteiger partial charge in [0.15, 0.2) is 0 Å². The molecule has 1 aliphatic rings. The molecule has 1 saturated heterocycles. The van der Waals surface area contributed by atoms with Crippen LogP contribution in [0.2, 0.25) is 0 Å². The highest BCUT2D eigenvalue weighted by atomic mass is 16.2. The first-order chi connectivity index (χ1) is 8.58. The topological polar surface area (TPSA) is 79.4 Å². The van der Waals surface area contributed by atoms with E-state index >= 15 is 0 Å². The standard InChI is InChI=1S/C12H13N3O3/c1-8(16)14-15-11(6-9(17)7-12(15)18)10-4-2-3-5-13-10/h2-5,11H,6-7H2,1H3,(H,14,16). The molecule has 0 aromatic carbocycles. The molecule has 0 radical (unpaired) electrons. The summed E-state index contributed by atoms with van der Waals surface area (Å²) in [6.07, 6.45) is 1.58. The van der Waals surface area contributed by atoms with Crippen molar-refractivity contribution >= 4 is 17.6 Å². The molecule has 2 amide bonds. The van der Waals surface area contributed by atoms with E-state index in [1.807, 2.05) is 0 Å². The molecule has 1 aliphatic heterocycles. The van der Waals surface area contributed by atoms with Gasteiger partial charge in [0.1, 0.15) is 11.8 Å². The lowest BCUT2D eigenvalue weighted by Crippen LogP contribution is -2.51. The summed E-state index contributed by atoms with van der Waals surface area (Å²) < 4.78 is 0. The number of carbonyl (C=O) groups excluding carboxylic acids is 3. The summed E-state index contributed by atoms with van der Waals surface area (Å²) in [5.41, 5.74) is 3.04. The fourth-order valence-corrected chi connectivity index (χ4v) is 1.93. The zero-order valence-corrected chi connectivity index (χ0v) is 9.92. The second-order valence-electron chi connectivity index (χ2n) is 4.12. The predicted molar refractivity (Wildman–Crippen MR) is 61.9 cm³/mol. The van der Waals surface area contributed by atoms with Crippen molar-refractivity contribution in [3.8, 4) is 0 Å². The van der Waals surface area contributed by atoms with Crippen LogP contribution in [-0.4, -0.2) is 27.6 Å². The van der Waals surface area contributed by atoms with E-state index in [0.717, 1.165) is 0 Å². The predicted octanol–water partition coefficient (Wildman–Crippen LogP) is 0.365. The Morgan fingerprint density at radius 2 is 2.22 bits per heavy atom. The third kappa shape index (κ3) is 2.53. The van der Waals surface area contributed by atoms with Crippen LogP contribution >= 0.6 is 0 Å². The first kappa shape index (κ1) is 12.2. The number of nitrogens with zero attached hydrogens (tertiary/aromatic N) is 2. The van der Waals surface area contributed by atoms with Crippen molar-refractivity contribution in [2.24, 2.45) is 0 Å². The minimum Gasteiger partial charge on any atom is -0.299 e.